The maximum Gasteiger partial charge on any atom is 0.275 e. The second-order valence-corrected chi connectivity index (χ2v) is 8.20. The minimum absolute atomic E-state index is 0.185. The molecule has 29 heavy (non-hydrogen) atoms. The third-order valence-electron chi connectivity index (χ3n) is 4.58. The van der Waals surface area contributed by atoms with Crippen LogP contribution in [0.15, 0.2) is 53.6 Å². The Morgan fingerprint density at radius 1 is 0.862 bits per heavy atom. The van der Waals surface area contributed by atoms with E-state index in [0.717, 1.165) is 11.1 Å². The molecule has 8 heteroatoms. The van der Waals surface area contributed by atoms with Crippen LogP contribution in [0, 0.1) is 13.8 Å². The van der Waals surface area contributed by atoms with Crippen molar-refractivity contribution in [3.63, 3.8) is 0 Å². The van der Waals surface area contributed by atoms with Crippen LogP contribution in [0.5, 0.6) is 17.2 Å². The quantitative estimate of drug-likeness (QED) is 0.635. The highest BCUT2D eigenvalue weighted by Crippen LogP contribution is 2.41. The van der Waals surface area contributed by atoms with Gasteiger partial charge >= 0.3 is 0 Å². The van der Waals surface area contributed by atoms with Gasteiger partial charge in [-0.25, -0.2) is 4.83 Å². The molecule has 3 aromatic rings. The van der Waals surface area contributed by atoms with E-state index in [9.17, 15) is 8.42 Å². The van der Waals surface area contributed by atoms with Crippen LogP contribution in [0.3, 0.4) is 0 Å². The number of nitrogens with one attached hydrogen (secondary N) is 1. The summed E-state index contributed by atoms with van der Waals surface area (Å²) in [6.45, 7) is 3.80. The first-order chi connectivity index (χ1) is 13.8. The second kappa shape index (κ2) is 8.08. The van der Waals surface area contributed by atoms with E-state index in [4.69, 9.17) is 14.2 Å². The summed E-state index contributed by atoms with van der Waals surface area (Å²) in [6, 6.07) is 12.1. The summed E-state index contributed by atoms with van der Waals surface area (Å²) in [5.41, 5.74) is 3.25. The van der Waals surface area contributed by atoms with Crippen molar-refractivity contribution in [1.29, 1.82) is 0 Å². The number of aryl methyl sites for hydroxylation is 2. The normalized spacial score (nSPS) is 11.2. The van der Waals surface area contributed by atoms with Gasteiger partial charge in [-0.2, -0.15) is 8.42 Å². The van der Waals surface area contributed by atoms with E-state index in [1.165, 1.54) is 26.0 Å². The fraction of sp³-hybridized carbons (Fsp3) is 0.238. The molecule has 0 aliphatic heterocycles. The summed E-state index contributed by atoms with van der Waals surface area (Å²) < 4.78 is 43.4. The van der Waals surface area contributed by atoms with Crippen molar-refractivity contribution in [2.45, 2.75) is 18.7 Å². The van der Waals surface area contributed by atoms with Crippen LogP contribution in [0.1, 0.15) is 11.1 Å². The Morgan fingerprint density at radius 2 is 1.45 bits per heavy atom. The molecule has 0 amide bonds. The molecule has 2 aromatic carbocycles. The number of ether oxygens (including phenoxy) is 3. The van der Waals surface area contributed by atoms with E-state index in [1.54, 1.807) is 42.6 Å². The SMILES string of the molecule is COc1cc(-c2c(C)ccn2NS(=O)(=O)c2ccc(C)cc2)cc(OC)c1OC. The molecule has 0 saturated carbocycles. The van der Waals surface area contributed by atoms with Crippen molar-refractivity contribution in [3.05, 3.63) is 59.8 Å². The molecule has 1 heterocycles. The molecule has 154 valence electrons. The molecule has 3 rings (SSSR count). The van der Waals surface area contributed by atoms with Gasteiger partial charge in [-0.1, -0.05) is 17.7 Å². The number of sulfonamides is 1. The van der Waals surface area contributed by atoms with Gasteiger partial charge in [0.2, 0.25) is 5.75 Å². The van der Waals surface area contributed by atoms with Gasteiger partial charge in [-0.05, 0) is 49.7 Å². The number of aromatic nitrogens is 1. The zero-order chi connectivity index (χ0) is 21.2. The number of benzene rings is 2. The maximum absolute atomic E-state index is 12.9. The van der Waals surface area contributed by atoms with E-state index in [1.807, 2.05) is 19.9 Å². The Hall–Kier alpha value is -3.13. The van der Waals surface area contributed by atoms with Crippen LogP contribution < -0.4 is 19.0 Å². The van der Waals surface area contributed by atoms with E-state index < -0.39 is 10.0 Å². The summed E-state index contributed by atoms with van der Waals surface area (Å²) in [6.07, 6.45) is 1.67. The number of methoxy groups -OCH3 is 3. The van der Waals surface area contributed by atoms with Crippen LogP contribution in [0.4, 0.5) is 0 Å². The molecular weight excluding hydrogens is 392 g/mol. The summed E-state index contributed by atoms with van der Waals surface area (Å²) in [7, 11) is 0.835. The number of hydrogen-bond acceptors (Lipinski definition) is 5. The molecule has 0 radical (unpaired) electrons. The van der Waals surface area contributed by atoms with Crippen molar-refractivity contribution >= 4 is 10.0 Å². The van der Waals surface area contributed by atoms with E-state index in [2.05, 4.69) is 4.83 Å². The van der Waals surface area contributed by atoms with Crippen LogP contribution in [-0.2, 0) is 10.0 Å². The molecule has 0 aliphatic carbocycles. The molecular formula is C21H24N2O5S. The molecule has 0 aliphatic rings. The van der Waals surface area contributed by atoms with Crippen molar-refractivity contribution in [3.8, 4) is 28.5 Å². The summed E-state index contributed by atoms with van der Waals surface area (Å²) >= 11 is 0. The lowest BCUT2D eigenvalue weighted by molar-refractivity contribution is 0.324. The Labute approximate surface area is 170 Å². The average molecular weight is 416 g/mol. The number of nitrogens with zero attached hydrogens (tertiary/aromatic N) is 1. The Balaban J connectivity index is 2.08. The first kappa shape index (κ1) is 20.6. The van der Waals surface area contributed by atoms with Crippen LogP contribution in [0.25, 0.3) is 11.3 Å². The van der Waals surface area contributed by atoms with Gasteiger partial charge in [0.25, 0.3) is 10.0 Å². The zero-order valence-electron chi connectivity index (χ0n) is 17.0. The van der Waals surface area contributed by atoms with Gasteiger partial charge in [-0.15, -0.1) is 0 Å². The lowest BCUT2D eigenvalue weighted by Crippen LogP contribution is -2.23. The summed E-state index contributed by atoms with van der Waals surface area (Å²) in [5, 5.41) is 0. The first-order valence-electron chi connectivity index (χ1n) is 8.88. The summed E-state index contributed by atoms with van der Waals surface area (Å²) in [5.74, 6) is 1.43. The minimum Gasteiger partial charge on any atom is -0.493 e. The van der Waals surface area contributed by atoms with E-state index in [0.29, 0.717) is 28.5 Å². The summed E-state index contributed by atoms with van der Waals surface area (Å²) in [4.78, 5) is 2.81. The fourth-order valence-electron chi connectivity index (χ4n) is 3.09. The largest absolute Gasteiger partial charge is 0.493 e. The van der Waals surface area contributed by atoms with Crippen molar-refractivity contribution in [2.24, 2.45) is 0 Å². The molecule has 0 bridgehead atoms. The molecule has 7 nitrogen and oxygen atoms in total. The Morgan fingerprint density at radius 3 is 1.97 bits per heavy atom. The van der Waals surface area contributed by atoms with Crippen molar-refractivity contribution < 1.29 is 22.6 Å². The van der Waals surface area contributed by atoms with Gasteiger partial charge in [0.05, 0.1) is 31.9 Å². The highest BCUT2D eigenvalue weighted by molar-refractivity contribution is 7.92. The minimum atomic E-state index is -3.77. The zero-order valence-corrected chi connectivity index (χ0v) is 17.8. The van der Waals surface area contributed by atoms with E-state index >= 15 is 0 Å². The molecule has 0 atom stereocenters. The lowest BCUT2D eigenvalue weighted by Gasteiger charge is -2.17. The second-order valence-electron chi connectivity index (χ2n) is 6.54. The average Bonchev–Trinajstić information content (AvgIpc) is 3.06. The van der Waals surface area contributed by atoms with Gasteiger partial charge < -0.3 is 14.2 Å². The van der Waals surface area contributed by atoms with Gasteiger partial charge in [0, 0.05) is 11.8 Å². The fourth-order valence-corrected chi connectivity index (χ4v) is 4.10. The molecule has 1 N–H and O–H groups in total. The highest BCUT2D eigenvalue weighted by Gasteiger charge is 2.20. The van der Waals surface area contributed by atoms with Crippen LogP contribution in [-0.4, -0.2) is 34.4 Å². The third-order valence-corrected chi connectivity index (χ3v) is 5.91. The van der Waals surface area contributed by atoms with Crippen molar-refractivity contribution in [1.82, 2.24) is 4.68 Å². The smallest absolute Gasteiger partial charge is 0.275 e. The predicted molar refractivity (Wildman–Crippen MR) is 112 cm³/mol. The number of rotatable bonds is 7. The number of hydrogen-bond donors (Lipinski definition) is 1. The molecule has 1 aromatic heterocycles. The molecule has 0 fully saturated rings. The standard InChI is InChI=1S/C21H24N2O5S/c1-14-6-8-17(9-7-14)29(24,25)22-23-11-10-15(2)20(23)16-12-18(26-3)21(28-5)19(13-16)27-4/h6-13,22H,1-5H3. The molecule has 0 saturated heterocycles. The van der Waals surface area contributed by atoms with Crippen LogP contribution >= 0.6 is 0 Å². The Kier molecular flexibility index (Phi) is 5.74. The highest BCUT2D eigenvalue weighted by atomic mass is 32.2. The van der Waals surface area contributed by atoms with Gasteiger partial charge in [0.1, 0.15) is 0 Å². The third kappa shape index (κ3) is 4.02. The molecule has 0 spiro atoms. The predicted octanol–water partition coefficient (Wildman–Crippen LogP) is 3.73. The lowest BCUT2D eigenvalue weighted by atomic mass is 10.1. The van der Waals surface area contributed by atoms with Gasteiger partial charge in [-0.3, -0.25) is 4.68 Å². The van der Waals surface area contributed by atoms with Gasteiger partial charge in [0.15, 0.2) is 11.5 Å². The first-order valence-corrected chi connectivity index (χ1v) is 10.4. The van der Waals surface area contributed by atoms with E-state index in [-0.39, 0.29) is 4.90 Å². The Bertz CT molecular complexity index is 1090. The molecule has 0 unspecified atom stereocenters. The van der Waals surface area contributed by atoms with Crippen molar-refractivity contribution in [2.75, 3.05) is 26.2 Å². The van der Waals surface area contributed by atoms with Crippen LogP contribution in [0.2, 0.25) is 0 Å². The monoisotopic (exact) mass is 416 g/mol. The maximum atomic E-state index is 12.9. The topological polar surface area (TPSA) is 78.8 Å².